The van der Waals surface area contributed by atoms with E-state index < -0.39 is 11.8 Å². The van der Waals surface area contributed by atoms with Crippen molar-refractivity contribution in [3.8, 4) is 5.75 Å². The van der Waals surface area contributed by atoms with Crippen molar-refractivity contribution in [3.05, 3.63) is 62.9 Å². The van der Waals surface area contributed by atoms with E-state index in [-0.39, 0.29) is 17.5 Å². The third-order valence-electron chi connectivity index (χ3n) is 6.39. The third-order valence-corrected chi connectivity index (χ3v) is 6.82. The van der Waals surface area contributed by atoms with Crippen LogP contribution in [0.25, 0.3) is 0 Å². The lowest BCUT2D eigenvalue weighted by molar-refractivity contribution is 0.0691. The molecule has 1 heterocycles. The lowest BCUT2D eigenvalue weighted by atomic mass is 9.95. The summed E-state index contributed by atoms with van der Waals surface area (Å²) in [5.74, 6) is -0.833. The van der Waals surface area contributed by atoms with Crippen molar-refractivity contribution in [2.24, 2.45) is 5.92 Å². The van der Waals surface area contributed by atoms with Crippen LogP contribution in [0.5, 0.6) is 5.75 Å². The van der Waals surface area contributed by atoms with Gasteiger partial charge in [0.25, 0.3) is 0 Å². The summed E-state index contributed by atoms with van der Waals surface area (Å²) in [6.07, 6.45) is 3.94. The van der Waals surface area contributed by atoms with E-state index in [2.05, 4.69) is 11.8 Å². The predicted molar refractivity (Wildman–Crippen MR) is 120 cm³/mol. The van der Waals surface area contributed by atoms with E-state index in [0.717, 1.165) is 49.9 Å². The van der Waals surface area contributed by atoms with Crippen molar-refractivity contribution >= 4 is 29.2 Å². The van der Waals surface area contributed by atoms with E-state index in [9.17, 15) is 14.3 Å². The number of carbonyl (C=O) groups is 1. The second kappa shape index (κ2) is 9.35. The van der Waals surface area contributed by atoms with E-state index in [0.29, 0.717) is 28.3 Å². The molecule has 0 spiro atoms. The van der Waals surface area contributed by atoms with Gasteiger partial charge in [0, 0.05) is 22.2 Å². The fourth-order valence-corrected chi connectivity index (χ4v) is 4.86. The summed E-state index contributed by atoms with van der Waals surface area (Å²) in [6, 6.07) is 8.58. The van der Waals surface area contributed by atoms with E-state index >= 15 is 0 Å². The Balaban J connectivity index is 1.35. The van der Waals surface area contributed by atoms with Gasteiger partial charge in [-0.2, -0.15) is 0 Å². The summed E-state index contributed by atoms with van der Waals surface area (Å²) in [5, 5.41) is 10.5. The summed E-state index contributed by atoms with van der Waals surface area (Å²) in [5.41, 5.74) is 1.65. The van der Waals surface area contributed by atoms with E-state index in [4.69, 9.17) is 27.9 Å². The number of carboxylic acids is 1. The fraction of sp³-hybridized carbons (Fsp3) is 0.458. The van der Waals surface area contributed by atoms with E-state index in [1.165, 1.54) is 12.1 Å². The average molecular weight is 466 g/mol. The summed E-state index contributed by atoms with van der Waals surface area (Å²) >= 11 is 12.3. The number of likely N-dealkylation sites (tertiary alicyclic amines) is 1. The van der Waals surface area contributed by atoms with Crippen LogP contribution in [0.2, 0.25) is 10.0 Å². The van der Waals surface area contributed by atoms with Gasteiger partial charge in [0.05, 0.1) is 12.2 Å². The zero-order valence-corrected chi connectivity index (χ0v) is 18.9. The molecule has 2 aromatic carbocycles. The third kappa shape index (κ3) is 5.33. The Kier molecular flexibility index (Phi) is 6.75. The lowest BCUT2D eigenvalue weighted by Gasteiger charge is -2.36. The summed E-state index contributed by atoms with van der Waals surface area (Å²) in [4.78, 5) is 13.7. The van der Waals surface area contributed by atoms with Gasteiger partial charge in [-0.3, -0.25) is 4.90 Å². The van der Waals surface area contributed by atoms with E-state index in [1.807, 2.05) is 12.1 Å². The Morgan fingerprint density at radius 1 is 1.13 bits per heavy atom. The van der Waals surface area contributed by atoms with Crippen LogP contribution in [0.1, 0.15) is 66.1 Å². The Hall–Kier alpha value is -1.82. The van der Waals surface area contributed by atoms with Crippen molar-refractivity contribution in [1.82, 2.24) is 4.90 Å². The smallest absolute Gasteiger partial charge is 0.338 e. The number of hydrogen-bond donors (Lipinski definition) is 1. The molecule has 1 aliphatic heterocycles. The maximum atomic E-state index is 14.2. The minimum atomic E-state index is -1.24. The Labute approximate surface area is 191 Å². The molecule has 0 bridgehead atoms. The molecule has 166 valence electrons. The molecule has 0 amide bonds. The van der Waals surface area contributed by atoms with Gasteiger partial charge in [-0.1, -0.05) is 23.2 Å². The Morgan fingerprint density at radius 3 is 2.35 bits per heavy atom. The zero-order chi connectivity index (χ0) is 22.1. The molecule has 1 saturated carbocycles. The second-order valence-corrected chi connectivity index (χ2v) is 9.49. The highest BCUT2D eigenvalue weighted by atomic mass is 35.5. The molecule has 0 aromatic heterocycles. The molecule has 1 saturated heterocycles. The number of halogens is 3. The van der Waals surface area contributed by atoms with Gasteiger partial charge < -0.3 is 9.84 Å². The van der Waals surface area contributed by atoms with Gasteiger partial charge in [0.2, 0.25) is 0 Å². The SMILES string of the molecule is CC(c1cc(Cl)cc(Cl)c1)N1CCC(COc2cc(F)c(C(=O)O)cc2C2CC2)CC1. The average Bonchev–Trinajstić information content (AvgIpc) is 3.56. The van der Waals surface area contributed by atoms with Crippen LogP contribution in [0.3, 0.4) is 0 Å². The monoisotopic (exact) mass is 465 g/mol. The maximum Gasteiger partial charge on any atom is 0.338 e. The quantitative estimate of drug-likeness (QED) is 0.502. The van der Waals surface area contributed by atoms with Gasteiger partial charge in [0.15, 0.2) is 0 Å². The number of aromatic carboxylic acids is 1. The highest BCUT2D eigenvalue weighted by Crippen LogP contribution is 2.45. The van der Waals surface area contributed by atoms with Crippen LogP contribution in [-0.4, -0.2) is 35.7 Å². The molecule has 0 radical (unpaired) electrons. The highest BCUT2D eigenvalue weighted by Gasteiger charge is 2.30. The molecule has 2 aliphatic rings. The molecule has 1 atom stereocenters. The van der Waals surface area contributed by atoms with Gasteiger partial charge in [-0.15, -0.1) is 0 Å². The summed E-state index contributed by atoms with van der Waals surface area (Å²) in [7, 11) is 0. The Morgan fingerprint density at radius 2 is 1.77 bits per heavy atom. The molecular weight excluding hydrogens is 440 g/mol. The first-order valence-corrected chi connectivity index (χ1v) is 11.5. The number of piperidine rings is 1. The predicted octanol–water partition coefficient (Wildman–Crippen LogP) is 6.56. The molecule has 4 rings (SSSR count). The largest absolute Gasteiger partial charge is 0.493 e. The molecule has 1 unspecified atom stereocenters. The van der Waals surface area contributed by atoms with Crippen LogP contribution < -0.4 is 4.74 Å². The molecule has 1 N–H and O–H groups in total. The first-order valence-electron chi connectivity index (χ1n) is 10.7. The Bertz CT molecular complexity index is 951. The topological polar surface area (TPSA) is 49.8 Å². The van der Waals surface area contributed by atoms with Crippen molar-refractivity contribution in [3.63, 3.8) is 0 Å². The fourth-order valence-electron chi connectivity index (χ4n) is 4.32. The van der Waals surface area contributed by atoms with Crippen molar-refractivity contribution < 1.29 is 19.0 Å². The molecule has 31 heavy (non-hydrogen) atoms. The van der Waals surface area contributed by atoms with Gasteiger partial charge in [-0.25, -0.2) is 9.18 Å². The first-order chi connectivity index (χ1) is 14.8. The molecule has 1 aliphatic carbocycles. The number of hydrogen-bond acceptors (Lipinski definition) is 3. The van der Waals surface area contributed by atoms with Crippen LogP contribution in [0.15, 0.2) is 30.3 Å². The standard InChI is InChI=1S/C24H26Cl2FNO3/c1-14(17-8-18(25)10-19(26)9-17)28-6-4-15(5-7-28)13-31-23-12-22(27)21(24(29)30)11-20(23)16-2-3-16/h8-12,14-16H,2-7,13H2,1H3,(H,29,30). The number of carboxylic acid groups (broad SMARTS) is 1. The number of benzene rings is 2. The molecule has 4 nitrogen and oxygen atoms in total. The van der Waals surface area contributed by atoms with Crippen molar-refractivity contribution in [1.29, 1.82) is 0 Å². The van der Waals surface area contributed by atoms with Crippen LogP contribution in [-0.2, 0) is 0 Å². The normalized spacial score (nSPS) is 18.7. The minimum absolute atomic E-state index is 0.220. The maximum absolute atomic E-state index is 14.2. The first kappa shape index (κ1) is 22.4. The van der Waals surface area contributed by atoms with Crippen molar-refractivity contribution in [2.75, 3.05) is 19.7 Å². The van der Waals surface area contributed by atoms with E-state index in [1.54, 1.807) is 6.07 Å². The minimum Gasteiger partial charge on any atom is -0.493 e. The zero-order valence-electron chi connectivity index (χ0n) is 17.4. The number of rotatable bonds is 7. The molecule has 2 fully saturated rings. The lowest BCUT2D eigenvalue weighted by Crippen LogP contribution is -2.37. The van der Waals surface area contributed by atoms with Crippen LogP contribution in [0, 0.1) is 11.7 Å². The molecule has 2 aromatic rings. The number of nitrogens with zero attached hydrogens (tertiary/aromatic N) is 1. The van der Waals surface area contributed by atoms with Crippen LogP contribution >= 0.6 is 23.2 Å². The van der Waals surface area contributed by atoms with Gasteiger partial charge in [-0.05, 0) is 92.9 Å². The molecule has 7 heteroatoms. The van der Waals surface area contributed by atoms with Gasteiger partial charge in [0.1, 0.15) is 11.6 Å². The van der Waals surface area contributed by atoms with Gasteiger partial charge >= 0.3 is 5.97 Å². The van der Waals surface area contributed by atoms with Crippen LogP contribution in [0.4, 0.5) is 4.39 Å². The second-order valence-electron chi connectivity index (χ2n) is 8.62. The number of ether oxygens (including phenoxy) is 1. The summed E-state index contributed by atoms with van der Waals surface area (Å²) < 4.78 is 20.2. The molecular formula is C24H26Cl2FNO3. The highest BCUT2D eigenvalue weighted by molar-refractivity contribution is 6.34. The summed E-state index contributed by atoms with van der Waals surface area (Å²) in [6.45, 7) is 4.53. The van der Waals surface area contributed by atoms with Crippen molar-refractivity contribution in [2.45, 2.75) is 44.6 Å².